The molecule has 23 heavy (non-hydrogen) atoms. The van der Waals surface area contributed by atoms with E-state index in [1.54, 1.807) is 0 Å². The van der Waals surface area contributed by atoms with Crippen LogP contribution in [-0.4, -0.2) is 11.6 Å². The quantitative estimate of drug-likeness (QED) is 0.591. The molecule has 130 valence electrons. The van der Waals surface area contributed by atoms with Gasteiger partial charge in [-0.3, -0.25) is 4.79 Å². The molecule has 0 aromatic carbocycles. The zero-order valence-electron chi connectivity index (χ0n) is 15.4. The molecule has 3 nitrogen and oxygen atoms in total. The highest BCUT2D eigenvalue weighted by atomic mass is 16.2. The van der Waals surface area contributed by atoms with E-state index in [0.717, 1.165) is 36.3 Å². The average molecular weight is 319 g/mol. The third kappa shape index (κ3) is 3.80. The second-order valence-electron chi connectivity index (χ2n) is 9.43. The molecule has 3 rings (SSSR count). The van der Waals surface area contributed by atoms with Crippen LogP contribution in [0.15, 0.2) is 5.10 Å². The summed E-state index contributed by atoms with van der Waals surface area (Å²) in [5.41, 5.74) is 4.43. The van der Waals surface area contributed by atoms with Crippen LogP contribution in [0.5, 0.6) is 0 Å². The third-order valence-corrected chi connectivity index (χ3v) is 6.94. The molecule has 3 atom stereocenters. The molecule has 3 fully saturated rings. The summed E-state index contributed by atoms with van der Waals surface area (Å²) >= 11 is 0. The number of fused-ring (bicyclic) bond motifs is 2. The van der Waals surface area contributed by atoms with Crippen LogP contribution in [0.2, 0.25) is 0 Å². The topological polar surface area (TPSA) is 41.5 Å². The minimum absolute atomic E-state index is 0.153. The van der Waals surface area contributed by atoms with Crippen molar-refractivity contribution in [1.82, 2.24) is 5.43 Å². The van der Waals surface area contributed by atoms with Gasteiger partial charge in [-0.05, 0) is 75.0 Å². The molecule has 0 aromatic heterocycles. The Kier molecular flexibility index (Phi) is 4.85. The van der Waals surface area contributed by atoms with Gasteiger partial charge in [0, 0.05) is 17.5 Å². The summed E-state index contributed by atoms with van der Waals surface area (Å²) in [7, 11) is 0. The van der Waals surface area contributed by atoms with E-state index >= 15 is 0 Å². The zero-order valence-corrected chi connectivity index (χ0v) is 15.4. The molecule has 0 spiro atoms. The minimum atomic E-state index is 0.153. The molecule has 0 heterocycles. The van der Waals surface area contributed by atoms with Crippen molar-refractivity contribution >= 4 is 11.6 Å². The molecule has 3 aliphatic rings. The Balaban J connectivity index is 1.47. The maximum atomic E-state index is 12.4. The van der Waals surface area contributed by atoms with Gasteiger partial charge in [0.2, 0.25) is 5.91 Å². The highest BCUT2D eigenvalue weighted by molar-refractivity contribution is 5.87. The summed E-state index contributed by atoms with van der Waals surface area (Å²) in [6.45, 7) is 9.07. The molecule has 0 unspecified atom stereocenters. The summed E-state index contributed by atoms with van der Waals surface area (Å²) in [6, 6.07) is 0. The Morgan fingerprint density at radius 2 is 1.70 bits per heavy atom. The zero-order chi connectivity index (χ0) is 16.6. The number of carbonyl (C=O) groups is 1. The Hall–Kier alpha value is -0.860. The van der Waals surface area contributed by atoms with E-state index in [-0.39, 0.29) is 11.8 Å². The van der Waals surface area contributed by atoms with Crippen LogP contribution in [0.4, 0.5) is 0 Å². The van der Waals surface area contributed by atoms with Gasteiger partial charge in [-0.1, -0.05) is 27.2 Å². The maximum Gasteiger partial charge on any atom is 0.243 e. The Labute approximate surface area is 141 Å². The summed E-state index contributed by atoms with van der Waals surface area (Å²) in [6.07, 6.45) is 9.87. The van der Waals surface area contributed by atoms with E-state index in [0.29, 0.717) is 11.3 Å². The fourth-order valence-electron chi connectivity index (χ4n) is 5.30. The van der Waals surface area contributed by atoms with E-state index in [2.05, 4.69) is 38.2 Å². The van der Waals surface area contributed by atoms with Crippen LogP contribution in [-0.2, 0) is 4.79 Å². The number of nitrogens with one attached hydrogen (secondary N) is 1. The summed E-state index contributed by atoms with van der Waals surface area (Å²) in [5.74, 6) is 3.47. The average Bonchev–Trinajstić information content (AvgIpc) is 3.14. The lowest BCUT2D eigenvalue weighted by atomic mass is 9.70. The number of hydrogen-bond donors (Lipinski definition) is 1. The van der Waals surface area contributed by atoms with Crippen molar-refractivity contribution in [3.05, 3.63) is 0 Å². The maximum absolute atomic E-state index is 12.4. The number of amides is 1. The van der Waals surface area contributed by atoms with Gasteiger partial charge in [-0.2, -0.15) is 5.10 Å². The second-order valence-corrected chi connectivity index (χ2v) is 9.43. The van der Waals surface area contributed by atoms with E-state index in [1.165, 1.54) is 38.5 Å². The SMILES string of the molecule is C/C(=N/NC(=O)C1CCC(C(C)(C)C)CC1)[C@H]1C[C@H]2CC[C@@H]1C2. The van der Waals surface area contributed by atoms with E-state index in [1.807, 2.05) is 0 Å². The molecule has 0 radical (unpaired) electrons. The first-order valence-corrected chi connectivity index (χ1v) is 9.68. The Morgan fingerprint density at radius 3 is 2.22 bits per heavy atom. The fourth-order valence-corrected chi connectivity index (χ4v) is 5.30. The molecular weight excluding hydrogens is 284 g/mol. The first kappa shape index (κ1) is 17.0. The molecule has 3 saturated carbocycles. The smallest absolute Gasteiger partial charge is 0.243 e. The number of hydrogen-bond acceptors (Lipinski definition) is 2. The molecule has 0 saturated heterocycles. The predicted molar refractivity (Wildman–Crippen MR) is 95.1 cm³/mol. The van der Waals surface area contributed by atoms with Crippen LogP contribution >= 0.6 is 0 Å². The van der Waals surface area contributed by atoms with Crippen molar-refractivity contribution in [3.8, 4) is 0 Å². The summed E-state index contributed by atoms with van der Waals surface area (Å²) in [5, 5.41) is 4.48. The number of nitrogens with zero attached hydrogens (tertiary/aromatic N) is 1. The monoisotopic (exact) mass is 318 g/mol. The van der Waals surface area contributed by atoms with Gasteiger partial charge in [-0.15, -0.1) is 0 Å². The molecule has 2 bridgehead atoms. The summed E-state index contributed by atoms with van der Waals surface area (Å²) in [4.78, 5) is 12.4. The lowest BCUT2D eigenvalue weighted by Gasteiger charge is -2.36. The van der Waals surface area contributed by atoms with Crippen LogP contribution in [0.25, 0.3) is 0 Å². The van der Waals surface area contributed by atoms with Crippen LogP contribution in [0.1, 0.15) is 79.1 Å². The molecule has 3 heteroatoms. The van der Waals surface area contributed by atoms with Gasteiger partial charge in [0.15, 0.2) is 0 Å². The lowest BCUT2D eigenvalue weighted by Crippen LogP contribution is -2.34. The largest absolute Gasteiger partial charge is 0.273 e. The number of rotatable bonds is 3. The highest BCUT2D eigenvalue weighted by Crippen LogP contribution is 2.48. The van der Waals surface area contributed by atoms with Gasteiger partial charge in [-0.25, -0.2) is 5.43 Å². The molecule has 3 aliphatic carbocycles. The standard InChI is InChI=1S/C20H34N2O/c1-13(18-12-14-5-6-16(18)11-14)21-22-19(23)15-7-9-17(10-8-15)20(2,3)4/h14-18H,5-12H2,1-4H3,(H,22,23)/b21-13-/t14-,15?,16+,17?,18+/m0/s1. The lowest BCUT2D eigenvalue weighted by molar-refractivity contribution is -0.126. The van der Waals surface area contributed by atoms with Crippen molar-refractivity contribution in [1.29, 1.82) is 0 Å². The van der Waals surface area contributed by atoms with Crippen molar-refractivity contribution in [3.63, 3.8) is 0 Å². The Bertz CT molecular complexity index is 469. The van der Waals surface area contributed by atoms with E-state index in [9.17, 15) is 4.79 Å². The van der Waals surface area contributed by atoms with Gasteiger partial charge < -0.3 is 0 Å². The van der Waals surface area contributed by atoms with Gasteiger partial charge in [0.1, 0.15) is 0 Å². The van der Waals surface area contributed by atoms with E-state index in [4.69, 9.17) is 0 Å². The second kappa shape index (κ2) is 6.57. The Morgan fingerprint density at radius 1 is 1.00 bits per heavy atom. The first-order chi connectivity index (χ1) is 10.8. The van der Waals surface area contributed by atoms with Crippen molar-refractivity contribution < 1.29 is 4.79 Å². The summed E-state index contributed by atoms with van der Waals surface area (Å²) < 4.78 is 0. The molecular formula is C20H34N2O. The van der Waals surface area contributed by atoms with Crippen LogP contribution < -0.4 is 5.43 Å². The molecule has 0 aromatic rings. The first-order valence-electron chi connectivity index (χ1n) is 9.68. The van der Waals surface area contributed by atoms with Crippen molar-refractivity contribution in [2.24, 2.45) is 40.1 Å². The van der Waals surface area contributed by atoms with E-state index < -0.39 is 0 Å². The fraction of sp³-hybridized carbons (Fsp3) is 0.900. The van der Waals surface area contributed by atoms with Crippen molar-refractivity contribution in [2.75, 3.05) is 0 Å². The molecule has 1 N–H and O–H groups in total. The van der Waals surface area contributed by atoms with Crippen molar-refractivity contribution in [2.45, 2.75) is 79.1 Å². The van der Waals surface area contributed by atoms with Gasteiger partial charge >= 0.3 is 0 Å². The van der Waals surface area contributed by atoms with Crippen LogP contribution in [0, 0.1) is 35.0 Å². The van der Waals surface area contributed by atoms with Crippen LogP contribution in [0.3, 0.4) is 0 Å². The highest BCUT2D eigenvalue weighted by Gasteiger charge is 2.40. The molecule has 0 aliphatic heterocycles. The molecule has 1 amide bonds. The van der Waals surface area contributed by atoms with Gasteiger partial charge in [0.05, 0.1) is 0 Å². The predicted octanol–water partition coefficient (Wildman–Crippen LogP) is 4.77. The third-order valence-electron chi connectivity index (χ3n) is 6.94. The minimum Gasteiger partial charge on any atom is -0.273 e. The van der Waals surface area contributed by atoms with Gasteiger partial charge in [0.25, 0.3) is 0 Å². The normalized spacial score (nSPS) is 37.9. The number of hydrazone groups is 1. The number of carbonyl (C=O) groups excluding carboxylic acids is 1.